The highest BCUT2D eigenvalue weighted by atomic mass is 16.5. The van der Waals surface area contributed by atoms with Crippen LogP contribution in [0.4, 0.5) is 5.69 Å². The number of methoxy groups -OCH3 is 1. The molecule has 2 bridgehead atoms. The van der Waals surface area contributed by atoms with E-state index in [2.05, 4.69) is 5.10 Å². The summed E-state index contributed by atoms with van der Waals surface area (Å²) in [6, 6.07) is 7.72. The average molecular weight is 353 g/mol. The molecule has 0 saturated carbocycles. The molecule has 2 amide bonds. The maximum atomic E-state index is 12.8. The van der Waals surface area contributed by atoms with Crippen molar-refractivity contribution in [2.75, 3.05) is 12.0 Å². The lowest BCUT2D eigenvalue weighted by Crippen LogP contribution is -2.33. The molecule has 26 heavy (non-hydrogen) atoms. The van der Waals surface area contributed by atoms with E-state index < -0.39 is 0 Å². The van der Waals surface area contributed by atoms with Crippen LogP contribution in [0, 0.1) is 11.8 Å². The minimum Gasteiger partial charge on any atom is -0.497 e. The molecule has 7 nitrogen and oxygen atoms in total. The van der Waals surface area contributed by atoms with Crippen molar-refractivity contribution in [1.29, 1.82) is 0 Å². The molecule has 134 valence electrons. The summed E-state index contributed by atoms with van der Waals surface area (Å²) in [6.45, 7) is 0.536. The first-order valence-electron chi connectivity index (χ1n) is 8.84. The predicted octanol–water partition coefficient (Wildman–Crippen LogP) is 1.61. The Morgan fingerprint density at radius 1 is 1.19 bits per heavy atom. The second-order valence-electron chi connectivity index (χ2n) is 7.10. The standard InChI is InChI=1S/C19H19N3O4/c1-25-13-4-2-3-11(7-13)9-21-10-12(8-20-21)22-18(23)16-14-5-6-15(26-14)17(16)19(22)24/h2-4,7-8,10,14-17H,5-6,9H2,1H3/t14-,15-,16-,17+/m0/s1. The van der Waals surface area contributed by atoms with Crippen LogP contribution in [-0.4, -0.2) is 40.9 Å². The van der Waals surface area contributed by atoms with Crippen molar-refractivity contribution in [1.82, 2.24) is 9.78 Å². The van der Waals surface area contributed by atoms with E-state index in [1.54, 1.807) is 24.2 Å². The highest BCUT2D eigenvalue weighted by Gasteiger charge is 2.62. The SMILES string of the molecule is COc1cccc(Cn2cc(N3C(=O)[C@@H]4[C@H](C3=O)[C@@H]3CC[C@@H]4O3)cn2)c1. The lowest BCUT2D eigenvalue weighted by Gasteiger charge is -2.15. The summed E-state index contributed by atoms with van der Waals surface area (Å²) < 4.78 is 12.7. The Balaban J connectivity index is 1.38. The number of hydrogen-bond donors (Lipinski definition) is 0. The molecule has 4 heterocycles. The fourth-order valence-corrected chi connectivity index (χ4v) is 4.48. The maximum absolute atomic E-state index is 12.8. The molecule has 0 radical (unpaired) electrons. The van der Waals surface area contributed by atoms with Gasteiger partial charge in [-0.2, -0.15) is 5.10 Å². The van der Waals surface area contributed by atoms with Crippen molar-refractivity contribution >= 4 is 17.5 Å². The van der Waals surface area contributed by atoms with Gasteiger partial charge in [-0.15, -0.1) is 0 Å². The van der Waals surface area contributed by atoms with Gasteiger partial charge in [-0.05, 0) is 30.5 Å². The Morgan fingerprint density at radius 3 is 2.62 bits per heavy atom. The molecule has 0 spiro atoms. The zero-order valence-corrected chi connectivity index (χ0v) is 14.4. The first-order valence-corrected chi connectivity index (χ1v) is 8.84. The summed E-state index contributed by atoms with van der Waals surface area (Å²) in [7, 11) is 1.63. The van der Waals surface area contributed by atoms with Crippen LogP contribution in [0.15, 0.2) is 36.7 Å². The second-order valence-corrected chi connectivity index (χ2v) is 7.10. The lowest BCUT2D eigenvalue weighted by atomic mass is 9.81. The predicted molar refractivity (Wildman–Crippen MR) is 91.7 cm³/mol. The van der Waals surface area contributed by atoms with Gasteiger partial charge in [0.05, 0.1) is 49.6 Å². The molecular weight excluding hydrogens is 334 g/mol. The third-order valence-corrected chi connectivity index (χ3v) is 5.64. The van der Waals surface area contributed by atoms with Crippen LogP contribution in [0.3, 0.4) is 0 Å². The van der Waals surface area contributed by atoms with E-state index in [1.807, 2.05) is 24.3 Å². The van der Waals surface area contributed by atoms with Gasteiger partial charge >= 0.3 is 0 Å². The van der Waals surface area contributed by atoms with Crippen molar-refractivity contribution in [3.8, 4) is 5.75 Å². The molecule has 0 N–H and O–H groups in total. The van der Waals surface area contributed by atoms with Crippen LogP contribution >= 0.6 is 0 Å². The average Bonchev–Trinajstić information content (AvgIpc) is 3.40. The van der Waals surface area contributed by atoms with E-state index >= 15 is 0 Å². The van der Waals surface area contributed by atoms with Crippen LogP contribution in [0.1, 0.15) is 18.4 Å². The van der Waals surface area contributed by atoms with Crippen molar-refractivity contribution in [2.45, 2.75) is 31.6 Å². The van der Waals surface area contributed by atoms with Crippen LogP contribution in [0.25, 0.3) is 0 Å². The number of carbonyl (C=O) groups is 2. The smallest absolute Gasteiger partial charge is 0.240 e. The topological polar surface area (TPSA) is 73.7 Å². The molecule has 7 heteroatoms. The minimum atomic E-state index is -0.317. The van der Waals surface area contributed by atoms with Gasteiger partial charge in [-0.1, -0.05) is 12.1 Å². The molecule has 3 fully saturated rings. The molecule has 0 aliphatic carbocycles. The molecule has 1 aromatic carbocycles. The van der Waals surface area contributed by atoms with Crippen LogP contribution in [-0.2, 0) is 20.9 Å². The molecule has 5 rings (SSSR count). The first kappa shape index (κ1) is 15.6. The van der Waals surface area contributed by atoms with Crippen molar-refractivity contribution in [2.24, 2.45) is 11.8 Å². The number of benzene rings is 1. The summed E-state index contributed by atoms with van der Waals surface area (Å²) >= 11 is 0. The van der Waals surface area contributed by atoms with Crippen LogP contribution in [0.2, 0.25) is 0 Å². The van der Waals surface area contributed by atoms with Gasteiger partial charge in [0, 0.05) is 6.20 Å². The molecule has 3 saturated heterocycles. The Kier molecular flexibility index (Phi) is 3.40. The normalized spacial score (nSPS) is 29.5. The quantitative estimate of drug-likeness (QED) is 0.781. The first-order chi connectivity index (χ1) is 12.7. The number of anilines is 1. The van der Waals surface area contributed by atoms with E-state index in [4.69, 9.17) is 9.47 Å². The zero-order valence-electron chi connectivity index (χ0n) is 14.4. The highest BCUT2D eigenvalue weighted by molar-refractivity contribution is 6.22. The van der Waals surface area contributed by atoms with Crippen molar-refractivity contribution in [3.63, 3.8) is 0 Å². The summed E-state index contributed by atoms with van der Waals surface area (Å²) in [6.07, 6.45) is 4.87. The molecule has 1 aromatic heterocycles. The van der Waals surface area contributed by atoms with Crippen LogP contribution in [0.5, 0.6) is 5.75 Å². The number of carbonyl (C=O) groups excluding carboxylic acids is 2. The number of hydrogen-bond acceptors (Lipinski definition) is 5. The largest absolute Gasteiger partial charge is 0.497 e. The summed E-state index contributed by atoms with van der Waals surface area (Å²) in [5.41, 5.74) is 1.57. The Bertz CT molecular complexity index is 864. The summed E-state index contributed by atoms with van der Waals surface area (Å²) in [5.74, 6) is -0.143. The second kappa shape index (κ2) is 5.67. The number of amides is 2. The number of nitrogens with zero attached hydrogens (tertiary/aromatic N) is 3. The fraction of sp³-hybridized carbons (Fsp3) is 0.421. The molecule has 2 aromatic rings. The van der Waals surface area contributed by atoms with E-state index in [0.29, 0.717) is 12.2 Å². The molecule has 3 aliphatic heterocycles. The Labute approximate surface area is 150 Å². The van der Waals surface area contributed by atoms with Crippen molar-refractivity contribution in [3.05, 3.63) is 42.2 Å². The van der Waals surface area contributed by atoms with Gasteiger partial charge in [0.25, 0.3) is 0 Å². The number of ether oxygens (including phenoxy) is 2. The van der Waals surface area contributed by atoms with Gasteiger partial charge in [0.2, 0.25) is 11.8 Å². The van der Waals surface area contributed by atoms with Gasteiger partial charge in [0.15, 0.2) is 0 Å². The maximum Gasteiger partial charge on any atom is 0.240 e. The Hall–Kier alpha value is -2.67. The number of rotatable bonds is 4. The lowest BCUT2D eigenvalue weighted by molar-refractivity contribution is -0.124. The number of fused-ring (bicyclic) bond motifs is 5. The third kappa shape index (κ3) is 2.20. The molecule has 4 atom stereocenters. The summed E-state index contributed by atoms with van der Waals surface area (Å²) in [4.78, 5) is 26.9. The number of aromatic nitrogens is 2. The fourth-order valence-electron chi connectivity index (χ4n) is 4.48. The molecule has 0 unspecified atom stereocenters. The minimum absolute atomic E-state index is 0.0988. The van der Waals surface area contributed by atoms with Gasteiger partial charge in [-0.25, -0.2) is 4.90 Å². The van der Waals surface area contributed by atoms with Gasteiger partial charge in [0.1, 0.15) is 5.75 Å². The monoisotopic (exact) mass is 353 g/mol. The Morgan fingerprint density at radius 2 is 1.92 bits per heavy atom. The van der Waals surface area contributed by atoms with Gasteiger partial charge in [-0.3, -0.25) is 14.3 Å². The van der Waals surface area contributed by atoms with E-state index in [9.17, 15) is 9.59 Å². The molecular formula is C19H19N3O4. The van der Waals surface area contributed by atoms with E-state index in [1.165, 1.54) is 4.90 Å². The van der Waals surface area contributed by atoms with Crippen molar-refractivity contribution < 1.29 is 19.1 Å². The van der Waals surface area contributed by atoms with Gasteiger partial charge < -0.3 is 9.47 Å². The van der Waals surface area contributed by atoms with E-state index in [0.717, 1.165) is 24.2 Å². The summed E-state index contributed by atoms with van der Waals surface area (Å²) in [5, 5.41) is 4.33. The number of imide groups is 1. The van der Waals surface area contributed by atoms with Crippen LogP contribution < -0.4 is 9.64 Å². The van der Waals surface area contributed by atoms with E-state index in [-0.39, 0.29) is 35.9 Å². The highest BCUT2D eigenvalue weighted by Crippen LogP contribution is 2.49. The molecule has 3 aliphatic rings. The third-order valence-electron chi connectivity index (χ3n) is 5.64. The zero-order chi connectivity index (χ0) is 17.8.